The Hall–Kier alpha value is -1.69. The molecule has 0 bridgehead atoms. The van der Waals surface area contributed by atoms with E-state index in [1.54, 1.807) is 0 Å². The molecule has 0 radical (unpaired) electrons. The molecule has 1 heterocycles. The molecule has 0 amide bonds. The molecule has 0 spiro atoms. The molecular weight excluding hydrogens is 198 g/mol. The van der Waals surface area contributed by atoms with Crippen molar-refractivity contribution in [2.75, 3.05) is 23.7 Å². The van der Waals surface area contributed by atoms with E-state index in [2.05, 4.69) is 17.0 Å². The van der Waals surface area contributed by atoms with Crippen LogP contribution in [-0.2, 0) is 6.42 Å². The van der Waals surface area contributed by atoms with Gasteiger partial charge in [-0.2, -0.15) is 5.26 Å². The molecule has 0 saturated heterocycles. The summed E-state index contributed by atoms with van der Waals surface area (Å²) in [4.78, 5) is 2.28. The van der Waals surface area contributed by atoms with Crippen molar-refractivity contribution < 1.29 is 0 Å². The van der Waals surface area contributed by atoms with Crippen LogP contribution in [0.15, 0.2) is 18.2 Å². The monoisotopic (exact) mass is 215 g/mol. The molecule has 1 aliphatic heterocycles. The molecule has 84 valence electrons. The van der Waals surface area contributed by atoms with Crippen molar-refractivity contribution in [1.29, 1.82) is 5.26 Å². The van der Waals surface area contributed by atoms with Gasteiger partial charge in [0.25, 0.3) is 0 Å². The lowest BCUT2D eigenvalue weighted by atomic mass is 9.99. The number of anilines is 2. The van der Waals surface area contributed by atoms with Gasteiger partial charge in [-0.15, -0.1) is 0 Å². The lowest BCUT2D eigenvalue weighted by Gasteiger charge is -2.32. The van der Waals surface area contributed by atoms with Gasteiger partial charge in [0.2, 0.25) is 0 Å². The molecule has 2 rings (SSSR count). The van der Waals surface area contributed by atoms with Crippen molar-refractivity contribution >= 4 is 11.4 Å². The van der Waals surface area contributed by atoms with Crippen LogP contribution in [0, 0.1) is 17.2 Å². The molecule has 1 aliphatic rings. The Bertz CT molecular complexity index is 420. The van der Waals surface area contributed by atoms with Crippen molar-refractivity contribution in [1.82, 2.24) is 0 Å². The molecule has 1 atom stereocenters. The van der Waals surface area contributed by atoms with Crippen LogP contribution in [0.5, 0.6) is 0 Å². The summed E-state index contributed by atoms with van der Waals surface area (Å²) in [5.41, 5.74) is 9.32. The summed E-state index contributed by atoms with van der Waals surface area (Å²) in [6.45, 7) is 3.79. The highest BCUT2D eigenvalue weighted by atomic mass is 15.1. The SMILES string of the molecule is CC(C#N)CN1CCCc2c(N)cccc21. The molecule has 3 nitrogen and oxygen atoms in total. The van der Waals surface area contributed by atoms with E-state index in [4.69, 9.17) is 11.0 Å². The quantitative estimate of drug-likeness (QED) is 0.769. The highest BCUT2D eigenvalue weighted by Gasteiger charge is 2.19. The van der Waals surface area contributed by atoms with Gasteiger partial charge in [-0.05, 0) is 37.5 Å². The first-order valence-corrected chi connectivity index (χ1v) is 5.74. The standard InChI is InChI=1S/C13H17N3/c1-10(8-14)9-16-7-3-4-11-12(15)5-2-6-13(11)16/h2,5-6,10H,3-4,7,9,15H2,1H3. The highest BCUT2D eigenvalue weighted by molar-refractivity contribution is 5.66. The van der Waals surface area contributed by atoms with Crippen LogP contribution in [0.2, 0.25) is 0 Å². The first-order chi connectivity index (χ1) is 7.72. The Kier molecular flexibility index (Phi) is 3.00. The Morgan fingerprint density at radius 2 is 2.38 bits per heavy atom. The second kappa shape index (κ2) is 4.44. The van der Waals surface area contributed by atoms with Crippen molar-refractivity contribution in [3.05, 3.63) is 23.8 Å². The lowest BCUT2D eigenvalue weighted by molar-refractivity contribution is 0.630. The topological polar surface area (TPSA) is 53.0 Å². The van der Waals surface area contributed by atoms with Crippen molar-refractivity contribution in [3.63, 3.8) is 0 Å². The smallest absolute Gasteiger partial charge is 0.0671 e. The normalized spacial score (nSPS) is 16.4. The van der Waals surface area contributed by atoms with Crippen molar-refractivity contribution in [2.24, 2.45) is 5.92 Å². The third kappa shape index (κ3) is 1.96. The zero-order valence-electron chi connectivity index (χ0n) is 9.61. The van der Waals surface area contributed by atoms with Crippen molar-refractivity contribution in [3.8, 4) is 6.07 Å². The van der Waals surface area contributed by atoms with Crippen LogP contribution >= 0.6 is 0 Å². The van der Waals surface area contributed by atoms with E-state index in [0.717, 1.165) is 31.6 Å². The molecule has 2 N–H and O–H groups in total. The fourth-order valence-electron chi connectivity index (χ4n) is 2.29. The Morgan fingerprint density at radius 1 is 1.56 bits per heavy atom. The summed E-state index contributed by atoms with van der Waals surface area (Å²) in [5, 5.41) is 8.87. The maximum absolute atomic E-state index is 8.87. The van der Waals surface area contributed by atoms with Crippen LogP contribution in [0.1, 0.15) is 18.9 Å². The van der Waals surface area contributed by atoms with Gasteiger partial charge in [-0.1, -0.05) is 6.07 Å². The van der Waals surface area contributed by atoms with E-state index >= 15 is 0 Å². The van der Waals surface area contributed by atoms with Crippen LogP contribution in [-0.4, -0.2) is 13.1 Å². The number of benzene rings is 1. The molecule has 1 aromatic rings. The van der Waals surface area contributed by atoms with Crippen LogP contribution in [0.25, 0.3) is 0 Å². The third-order valence-electron chi connectivity index (χ3n) is 3.10. The zero-order valence-corrected chi connectivity index (χ0v) is 9.61. The number of hydrogen-bond donors (Lipinski definition) is 1. The average molecular weight is 215 g/mol. The number of fused-ring (bicyclic) bond motifs is 1. The van der Waals surface area contributed by atoms with Gasteiger partial charge in [0.05, 0.1) is 12.0 Å². The van der Waals surface area contributed by atoms with E-state index in [9.17, 15) is 0 Å². The molecule has 0 aromatic heterocycles. The molecule has 16 heavy (non-hydrogen) atoms. The van der Waals surface area contributed by atoms with E-state index < -0.39 is 0 Å². The number of nitrogen functional groups attached to an aromatic ring is 1. The number of nitriles is 1. The van der Waals surface area contributed by atoms with Gasteiger partial charge < -0.3 is 10.6 Å². The van der Waals surface area contributed by atoms with Crippen molar-refractivity contribution in [2.45, 2.75) is 19.8 Å². The molecule has 0 fully saturated rings. The predicted molar refractivity (Wildman–Crippen MR) is 66.2 cm³/mol. The number of nitrogens with two attached hydrogens (primary N) is 1. The van der Waals surface area contributed by atoms with Gasteiger partial charge in [0, 0.05) is 24.5 Å². The molecule has 0 saturated carbocycles. The molecule has 1 aromatic carbocycles. The third-order valence-corrected chi connectivity index (χ3v) is 3.10. The van der Waals surface area contributed by atoms with E-state index in [0.29, 0.717) is 0 Å². The van der Waals surface area contributed by atoms with Gasteiger partial charge >= 0.3 is 0 Å². The summed E-state index contributed by atoms with van der Waals surface area (Å²) < 4.78 is 0. The minimum Gasteiger partial charge on any atom is -0.398 e. The minimum atomic E-state index is 0.0624. The van der Waals surface area contributed by atoms with Crippen LogP contribution < -0.4 is 10.6 Å². The maximum atomic E-state index is 8.87. The summed E-state index contributed by atoms with van der Waals surface area (Å²) in [6.07, 6.45) is 2.18. The largest absolute Gasteiger partial charge is 0.398 e. The fourth-order valence-corrected chi connectivity index (χ4v) is 2.29. The Balaban J connectivity index is 2.27. The second-order valence-electron chi connectivity index (χ2n) is 4.42. The molecule has 0 aliphatic carbocycles. The lowest BCUT2D eigenvalue weighted by Crippen LogP contribution is -2.33. The summed E-state index contributed by atoms with van der Waals surface area (Å²) in [6, 6.07) is 8.33. The maximum Gasteiger partial charge on any atom is 0.0671 e. The van der Waals surface area contributed by atoms with Gasteiger partial charge in [-0.3, -0.25) is 0 Å². The van der Waals surface area contributed by atoms with E-state index in [1.165, 1.54) is 11.3 Å². The first-order valence-electron chi connectivity index (χ1n) is 5.74. The summed E-state index contributed by atoms with van der Waals surface area (Å²) in [5.74, 6) is 0.0624. The first kappa shape index (κ1) is 10.8. The fraction of sp³-hybridized carbons (Fsp3) is 0.462. The van der Waals surface area contributed by atoms with Gasteiger partial charge in [0.1, 0.15) is 0 Å². The summed E-state index contributed by atoms with van der Waals surface area (Å²) >= 11 is 0. The number of nitrogens with zero attached hydrogens (tertiary/aromatic N) is 2. The Morgan fingerprint density at radius 3 is 3.12 bits per heavy atom. The average Bonchev–Trinajstić information content (AvgIpc) is 2.30. The highest BCUT2D eigenvalue weighted by Crippen LogP contribution is 2.31. The predicted octanol–water partition coefficient (Wildman–Crippen LogP) is 2.18. The molecule has 3 heteroatoms. The number of rotatable bonds is 2. The molecule has 1 unspecified atom stereocenters. The van der Waals surface area contributed by atoms with Crippen LogP contribution in [0.4, 0.5) is 11.4 Å². The second-order valence-corrected chi connectivity index (χ2v) is 4.42. The van der Waals surface area contributed by atoms with E-state index in [-0.39, 0.29) is 5.92 Å². The summed E-state index contributed by atoms with van der Waals surface area (Å²) in [7, 11) is 0. The van der Waals surface area contributed by atoms with Gasteiger partial charge in [0.15, 0.2) is 0 Å². The van der Waals surface area contributed by atoms with Gasteiger partial charge in [-0.25, -0.2) is 0 Å². The number of hydrogen-bond acceptors (Lipinski definition) is 3. The Labute approximate surface area is 96.5 Å². The molecular formula is C13H17N3. The van der Waals surface area contributed by atoms with E-state index in [1.807, 2.05) is 19.1 Å². The zero-order chi connectivity index (χ0) is 11.5. The van der Waals surface area contributed by atoms with Crippen LogP contribution in [0.3, 0.4) is 0 Å². The minimum absolute atomic E-state index is 0.0624.